The van der Waals surface area contributed by atoms with Crippen molar-refractivity contribution in [1.82, 2.24) is 19.7 Å². The molecule has 0 radical (unpaired) electrons. The summed E-state index contributed by atoms with van der Waals surface area (Å²) >= 11 is 0. The van der Waals surface area contributed by atoms with Gasteiger partial charge in [-0.3, -0.25) is 9.59 Å². The minimum atomic E-state index is -1.18. The number of rotatable bonds is 4. The second kappa shape index (κ2) is 5.80. The van der Waals surface area contributed by atoms with Crippen molar-refractivity contribution in [3.05, 3.63) is 41.9 Å². The SMILES string of the molecule is CC(=O)c1nn(CC(=O)O)c2c(F)cc(-c3cnc(C)nc3)cc12. The molecule has 3 aromatic rings. The second-order valence-corrected chi connectivity index (χ2v) is 5.33. The Balaban J connectivity index is 2.26. The Hall–Kier alpha value is -3.16. The lowest BCUT2D eigenvalue weighted by atomic mass is 10.0. The number of carbonyl (C=O) groups is 2. The second-order valence-electron chi connectivity index (χ2n) is 5.33. The van der Waals surface area contributed by atoms with Crippen LogP contribution in [0, 0.1) is 12.7 Å². The van der Waals surface area contributed by atoms with Crippen molar-refractivity contribution in [2.75, 3.05) is 0 Å². The summed E-state index contributed by atoms with van der Waals surface area (Å²) in [6.45, 7) is 2.50. The molecule has 1 aromatic carbocycles. The van der Waals surface area contributed by atoms with Crippen LogP contribution >= 0.6 is 0 Å². The van der Waals surface area contributed by atoms with E-state index in [-0.39, 0.29) is 22.4 Å². The molecular weight excluding hydrogens is 315 g/mol. The number of carboxylic acid groups (broad SMARTS) is 1. The highest BCUT2D eigenvalue weighted by atomic mass is 19.1. The summed E-state index contributed by atoms with van der Waals surface area (Å²) in [6, 6.07) is 2.84. The standard InChI is InChI=1S/C16H13FN4O3/c1-8(22)15-12-3-10(11-5-18-9(2)19-6-11)4-13(17)16(12)21(20-15)7-14(23)24/h3-6H,7H2,1-2H3,(H,23,24). The van der Waals surface area contributed by atoms with Gasteiger partial charge >= 0.3 is 5.97 Å². The fraction of sp³-hybridized carbons (Fsp3) is 0.188. The molecule has 0 saturated carbocycles. The van der Waals surface area contributed by atoms with Crippen LogP contribution in [0.15, 0.2) is 24.5 Å². The summed E-state index contributed by atoms with van der Waals surface area (Å²) in [7, 11) is 0. The maximum Gasteiger partial charge on any atom is 0.325 e. The van der Waals surface area contributed by atoms with Crippen LogP contribution in [-0.4, -0.2) is 36.6 Å². The number of aryl methyl sites for hydroxylation is 1. The molecule has 0 amide bonds. The minimum absolute atomic E-state index is 0.0145. The van der Waals surface area contributed by atoms with Crippen LogP contribution in [0.4, 0.5) is 4.39 Å². The van der Waals surface area contributed by atoms with Gasteiger partial charge in [-0.2, -0.15) is 5.10 Å². The number of fused-ring (bicyclic) bond motifs is 1. The Kier molecular flexibility index (Phi) is 3.80. The van der Waals surface area contributed by atoms with E-state index >= 15 is 0 Å². The number of ketones is 1. The third-order valence-electron chi connectivity index (χ3n) is 3.53. The summed E-state index contributed by atoms with van der Waals surface area (Å²) < 4.78 is 15.6. The third kappa shape index (κ3) is 2.73. The average Bonchev–Trinajstić information content (AvgIpc) is 2.86. The van der Waals surface area contributed by atoms with Gasteiger partial charge in [0.15, 0.2) is 5.78 Å². The lowest BCUT2D eigenvalue weighted by molar-refractivity contribution is -0.137. The van der Waals surface area contributed by atoms with Crippen LogP contribution in [0.1, 0.15) is 23.2 Å². The molecule has 0 unspecified atom stereocenters. The van der Waals surface area contributed by atoms with E-state index in [4.69, 9.17) is 5.11 Å². The number of hydrogen-bond donors (Lipinski definition) is 1. The van der Waals surface area contributed by atoms with E-state index < -0.39 is 18.3 Å². The molecular formula is C16H13FN4O3. The lowest BCUT2D eigenvalue weighted by Crippen LogP contribution is -2.11. The normalized spacial score (nSPS) is 11.0. The molecule has 24 heavy (non-hydrogen) atoms. The zero-order valence-corrected chi connectivity index (χ0v) is 12.9. The van der Waals surface area contributed by atoms with Gasteiger partial charge in [-0.05, 0) is 24.6 Å². The molecule has 7 nitrogen and oxygen atoms in total. The summed E-state index contributed by atoms with van der Waals surface area (Å²) in [5.74, 6) is -1.63. The van der Waals surface area contributed by atoms with Crippen molar-refractivity contribution in [2.45, 2.75) is 20.4 Å². The topological polar surface area (TPSA) is 98.0 Å². The number of halogens is 1. The Morgan fingerprint density at radius 3 is 2.46 bits per heavy atom. The number of carbonyl (C=O) groups excluding carboxylic acids is 1. The van der Waals surface area contributed by atoms with Crippen molar-refractivity contribution in [2.24, 2.45) is 0 Å². The first kappa shape index (κ1) is 15.7. The number of carboxylic acids is 1. The molecule has 0 aliphatic rings. The molecule has 0 spiro atoms. The minimum Gasteiger partial charge on any atom is -0.480 e. The number of aromatic nitrogens is 4. The monoisotopic (exact) mass is 328 g/mol. The number of benzene rings is 1. The number of aliphatic carboxylic acids is 1. The van der Waals surface area contributed by atoms with Crippen LogP contribution in [-0.2, 0) is 11.3 Å². The van der Waals surface area contributed by atoms with Crippen LogP contribution in [0.5, 0.6) is 0 Å². The average molecular weight is 328 g/mol. The van der Waals surface area contributed by atoms with Gasteiger partial charge in [-0.1, -0.05) is 0 Å². The summed E-state index contributed by atoms with van der Waals surface area (Å²) in [5.41, 5.74) is 1.08. The first-order valence-corrected chi connectivity index (χ1v) is 7.08. The first-order valence-electron chi connectivity index (χ1n) is 7.08. The molecule has 2 heterocycles. The van der Waals surface area contributed by atoms with Gasteiger partial charge in [0.25, 0.3) is 0 Å². The first-order chi connectivity index (χ1) is 11.4. The number of Topliss-reactive ketones (excluding diaryl/α,β-unsaturated/α-hetero) is 1. The predicted octanol–water partition coefficient (Wildman–Crippen LogP) is 2.23. The molecule has 0 bridgehead atoms. The Morgan fingerprint density at radius 2 is 1.88 bits per heavy atom. The van der Waals surface area contributed by atoms with E-state index in [0.717, 1.165) is 4.68 Å². The molecule has 0 atom stereocenters. The fourth-order valence-corrected chi connectivity index (χ4v) is 2.48. The van der Waals surface area contributed by atoms with E-state index in [2.05, 4.69) is 15.1 Å². The van der Waals surface area contributed by atoms with Gasteiger partial charge in [0.1, 0.15) is 29.4 Å². The van der Waals surface area contributed by atoms with E-state index in [1.54, 1.807) is 25.4 Å². The zero-order chi connectivity index (χ0) is 17.4. The third-order valence-corrected chi connectivity index (χ3v) is 3.53. The molecule has 0 saturated heterocycles. The maximum atomic E-state index is 14.6. The molecule has 3 rings (SSSR count). The van der Waals surface area contributed by atoms with E-state index in [9.17, 15) is 14.0 Å². The Labute approximate surface area is 135 Å². The lowest BCUT2D eigenvalue weighted by Gasteiger charge is -2.05. The van der Waals surface area contributed by atoms with Crippen LogP contribution in [0.25, 0.3) is 22.0 Å². The van der Waals surface area contributed by atoms with Crippen LogP contribution in [0.2, 0.25) is 0 Å². The largest absolute Gasteiger partial charge is 0.480 e. The van der Waals surface area contributed by atoms with Crippen LogP contribution in [0.3, 0.4) is 0 Å². The van der Waals surface area contributed by atoms with Crippen molar-refractivity contribution < 1.29 is 19.1 Å². The summed E-state index contributed by atoms with van der Waals surface area (Å²) in [6.07, 6.45) is 3.11. The summed E-state index contributed by atoms with van der Waals surface area (Å²) in [4.78, 5) is 30.9. The van der Waals surface area contributed by atoms with Gasteiger partial charge in [0, 0.05) is 30.3 Å². The van der Waals surface area contributed by atoms with Crippen molar-refractivity contribution >= 4 is 22.7 Å². The van der Waals surface area contributed by atoms with Gasteiger partial charge in [-0.25, -0.2) is 19.0 Å². The quantitative estimate of drug-likeness (QED) is 0.738. The van der Waals surface area contributed by atoms with Gasteiger partial charge < -0.3 is 5.11 Å². The fourth-order valence-electron chi connectivity index (χ4n) is 2.48. The van der Waals surface area contributed by atoms with Gasteiger partial charge in [0.05, 0.1) is 0 Å². The molecule has 122 valence electrons. The molecule has 1 N–H and O–H groups in total. The summed E-state index contributed by atoms with van der Waals surface area (Å²) in [5, 5.41) is 13.2. The van der Waals surface area contributed by atoms with E-state index in [1.165, 1.54) is 13.0 Å². The van der Waals surface area contributed by atoms with Crippen molar-refractivity contribution in [3.63, 3.8) is 0 Å². The highest BCUT2D eigenvalue weighted by Crippen LogP contribution is 2.29. The Morgan fingerprint density at radius 1 is 1.21 bits per heavy atom. The van der Waals surface area contributed by atoms with E-state index in [0.29, 0.717) is 17.0 Å². The van der Waals surface area contributed by atoms with E-state index in [1.807, 2.05) is 0 Å². The maximum absolute atomic E-state index is 14.6. The smallest absolute Gasteiger partial charge is 0.325 e. The predicted molar refractivity (Wildman–Crippen MR) is 83.1 cm³/mol. The van der Waals surface area contributed by atoms with Crippen molar-refractivity contribution in [1.29, 1.82) is 0 Å². The highest BCUT2D eigenvalue weighted by Gasteiger charge is 2.20. The van der Waals surface area contributed by atoms with Crippen LogP contribution < -0.4 is 0 Å². The Bertz CT molecular complexity index is 964. The van der Waals surface area contributed by atoms with Gasteiger partial charge in [-0.15, -0.1) is 0 Å². The van der Waals surface area contributed by atoms with Gasteiger partial charge in [0.2, 0.25) is 0 Å². The molecule has 8 heteroatoms. The zero-order valence-electron chi connectivity index (χ0n) is 12.9. The molecule has 0 aliphatic carbocycles. The number of nitrogens with zero attached hydrogens (tertiary/aromatic N) is 4. The molecule has 0 aliphatic heterocycles. The van der Waals surface area contributed by atoms with Crippen molar-refractivity contribution in [3.8, 4) is 11.1 Å². The molecule has 2 aromatic heterocycles. The highest BCUT2D eigenvalue weighted by molar-refractivity contribution is 6.06. The molecule has 0 fully saturated rings. The number of hydrogen-bond acceptors (Lipinski definition) is 5.